The van der Waals surface area contributed by atoms with Gasteiger partial charge in [-0.3, -0.25) is 4.98 Å². The molecule has 0 aromatic carbocycles. The number of pyridine rings is 1. The van der Waals surface area contributed by atoms with Crippen molar-refractivity contribution in [1.29, 1.82) is 0 Å². The first-order valence-corrected chi connectivity index (χ1v) is 8.50. The highest BCUT2D eigenvalue weighted by molar-refractivity contribution is 5.25. The van der Waals surface area contributed by atoms with E-state index in [0.29, 0.717) is 6.04 Å². The number of nitrogens with one attached hydrogen (secondary N) is 1. The van der Waals surface area contributed by atoms with Crippen LogP contribution in [0.15, 0.2) is 18.3 Å². The fourth-order valence-electron chi connectivity index (χ4n) is 3.89. The van der Waals surface area contributed by atoms with Crippen LogP contribution in [0.1, 0.15) is 69.2 Å². The molecule has 0 saturated heterocycles. The monoisotopic (exact) mass is 272 g/mol. The highest BCUT2D eigenvalue weighted by Gasteiger charge is 2.22. The summed E-state index contributed by atoms with van der Waals surface area (Å²) in [6.07, 6.45) is 12.8. The Morgan fingerprint density at radius 3 is 2.90 bits per heavy atom. The summed E-state index contributed by atoms with van der Waals surface area (Å²) < 4.78 is 0. The molecule has 1 unspecified atom stereocenters. The highest BCUT2D eigenvalue weighted by atomic mass is 14.9. The van der Waals surface area contributed by atoms with Crippen LogP contribution in [-0.2, 0) is 6.42 Å². The van der Waals surface area contributed by atoms with E-state index < -0.39 is 0 Å². The molecule has 2 aliphatic carbocycles. The molecule has 1 atom stereocenters. The van der Waals surface area contributed by atoms with E-state index in [0.717, 1.165) is 11.8 Å². The molecule has 1 aromatic heterocycles. The topological polar surface area (TPSA) is 24.9 Å². The number of rotatable bonds is 4. The van der Waals surface area contributed by atoms with E-state index in [1.807, 2.05) is 6.20 Å². The van der Waals surface area contributed by atoms with Gasteiger partial charge in [-0.15, -0.1) is 0 Å². The maximum Gasteiger partial charge on any atom is 0.0605 e. The Morgan fingerprint density at radius 2 is 2.05 bits per heavy atom. The van der Waals surface area contributed by atoms with Crippen LogP contribution in [0.3, 0.4) is 0 Å². The van der Waals surface area contributed by atoms with Crippen molar-refractivity contribution in [1.82, 2.24) is 10.3 Å². The highest BCUT2D eigenvalue weighted by Crippen LogP contribution is 2.31. The predicted octanol–water partition coefficient (Wildman–Crippen LogP) is 4.27. The third-order valence-electron chi connectivity index (χ3n) is 5.27. The Labute approximate surface area is 123 Å². The van der Waals surface area contributed by atoms with Crippen molar-refractivity contribution in [2.45, 2.75) is 64.3 Å². The normalized spacial score (nSPS) is 29.9. The van der Waals surface area contributed by atoms with Gasteiger partial charge in [0.15, 0.2) is 0 Å². The van der Waals surface area contributed by atoms with Gasteiger partial charge in [-0.1, -0.05) is 38.7 Å². The van der Waals surface area contributed by atoms with Crippen molar-refractivity contribution in [2.24, 2.45) is 11.8 Å². The molecule has 1 saturated carbocycles. The summed E-state index contributed by atoms with van der Waals surface area (Å²) >= 11 is 0. The lowest BCUT2D eigenvalue weighted by atomic mass is 9.81. The van der Waals surface area contributed by atoms with E-state index in [1.165, 1.54) is 69.2 Å². The summed E-state index contributed by atoms with van der Waals surface area (Å²) in [5, 5.41) is 3.77. The van der Waals surface area contributed by atoms with Crippen LogP contribution < -0.4 is 5.32 Å². The zero-order valence-electron chi connectivity index (χ0n) is 12.8. The molecule has 0 bridgehead atoms. The van der Waals surface area contributed by atoms with Gasteiger partial charge in [-0.2, -0.15) is 0 Å². The van der Waals surface area contributed by atoms with Crippen LogP contribution >= 0.6 is 0 Å². The molecule has 1 heterocycles. The molecule has 110 valence electrons. The maximum atomic E-state index is 4.61. The second kappa shape index (κ2) is 6.71. The lowest BCUT2D eigenvalue weighted by Crippen LogP contribution is -2.28. The fraction of sp³-hybridized carbons (Fsp3) is 0.722. The Bertz CT molecular complexity index is 421. The standard InChI is InChI=1S/C18H28N2/c1-14-7-9-15(10-8-14)11-13-19-17-6-2-4-16-5-3-12-20-18(16)17/h3,5,12,14-15,17,19H,2,4,6-11,13H2,1H3. The first-order valence-electron chi connectivity index (χ1n) is 8.50. The summed E-state index contributed by atoms with van der Waals surface area (Å²) in [5.74, 6) is 1.93. The van der Waals surface area contributed by atoms with Gasteiger partial charge in [0.25, 0.3) is 0 Å². The van der Waals surface area contributed by atoms with Crippen LogP contribution in [0.4, 0.5) is 0 Å². The molecule has 0 spiro atoms. The molecule has 3 rings (SSSR count). The predicted molar refractivity (Wildman–Crippen MR) is 83.7 cm³/mol. The van der Waals surface area contributed by atoms with Gasteiger partial charge >= 0.3 is 0 Å². The molecule has 0 amide bonds. The quantitative estimate of drug-likeness (QED) is 0.885. The number of hydrogen-bond acceptors (Lipinski definition) is 2. The number of aryl methyl sites for hydroxylation is 1. The minimum absolute atomic E-state index is 0.502. The van der Waals surface area contributed by atoms with Gasteiger partial charge < -0.3 is 5.32 Å². The second-order valence-corrected chi connectivity index (χ2v) is 6.86. The molecule has 2 aliphatic rings. The first kappa shape index (κ1) is 14.1. The van der Waals surface area contributed by atoms with Gasteiger partial charge in [-0.05, 0) is 55.7 Å². The van der Waals surface area contributed by atoms with E-state index in [2.05, 4.69) is 29.4 Å². The van der Waals surface area contributed by atoms with Gasteiger partial charge in [0, 0.05) is 12.2 Å². The SMILES string of the molecule is CC1CCC(CCNC2CCCc3cccnc32)CC1. The molecule has 1 N–H and O–H groups in total. The van der Waals surface area contributed by atoms with Crippen molar-refractivity contribution >= 4 is 0 Å². The zero-order chi connectivity index (χ0) is 13.8. The van der Waals surface area contributed by atoms with Crippen LogP contribution in [0, 0.1) is 11.8 Å². The molecule has 0 aliphatic heterocycles. The molecular weight excluding hydrogens is 244 g/mol. The van der Waals surface area contributed by atoms with Gasteiger partial charge in [-0.25, -0.2) is 0 Å². The van der Waals surface area contributed by atoms with E-state index in [4.69, 9.17) is 0 Å². The van der Waals surface area contributed by atoms with Crippen LogP contribution in [0.2, 0.25) is 0 Å². The first-order chi connectivity index (χ1) is 9.83. The Morgan fingerprint density at radius 1 is 1.20 bits per heavy atom. The van der Waals surface area contributed by atoms with Crippen molar-refractivity contribution in [3.63, 3.8) is 0 Å². The van der Waals surface area contributed by atoms with Crippen molar-refractivity contribution in [3.8, 4) is 0 Å². The van der Waals surface area contributed by atoms with E-state index in [1.54, 1.807) is 0 Å². The Hall–Kier alpha value is -0.890. The second-order valence-electron chi connectivity index (χ2n) is 6.86. The Balaban J connectivity index is 1.47. The number of nitrogens with zero attached hydrogens (tertiary/aromatic N) is 1. The molecule has 2 nitrogen and oxygen atoms in total. The summed E-state index contributed by atoms with van der Waals surface area (Å²) in [5.41, 5.74) is 2.78. The maximum absolute atomic E-state index is 4.61. The molecule has 0 radical (unpaired) electrons. The van der Waals surface area contributed by atoms with Crippen molar-refractivity contribution in [2.75, 3.05) is 6.54 Å². The number of hydrogen-bond donors (Lipinski definition) is 1. The molecule has 1 fully saturated rings. The summed E-state index contributed by atoms with van der Waals surface area (Å²) in [6, 6.07) is 4.82. The molecule has 20 heavy (non-hydrogen) atoms. The lowest BCUT2D eigenvalue weighted by Gasteiger charge is -2.28. The van der Waals surface area contributed by atoms with Crippen LogP contribution in [-0.4, -0.2) is 11.5 Å². The third-order valence-corrected chi connectivity index (χ3v) is 5.27. The van der Waals surface area contributed by atoms with Crippen molar-refractivity contribution in [3.05, 3.63) is 29.6 Å². The number of fused-ring (bicyclic) bond motifs is 1. The van der Waals surface area contributed by atoms with Crippen LogP contribution in [0.25, 0.3) is 0 Å². The minimum atomic E-state index is 0.502. The summed E-state index contributed by atoms with van der Waals surface area (Å²) in [6.45, 7) is 3.57. The largest absolute Gasteiger partial charge is 0.309 e. The van der Waals surface area contributed by atoms with Gasteiger partial charge in [0.1, 0.15) is 0 Å². The third kappa shape index (κ3) is 3.41. The Kier molecular flexibility index (Phi) is 4.72. The van der Waals surface area contributed by atoms with E-state index >= 15 is 0 Å². The fourth-order valence-corrected chi connectivity index (χ4v) is 3.89. The van der Waals surface area contributed by atoms with Crippen molar-refractivity contribution < 1.29 is 0 Å². The van der Waals surface area contributed by atoms with E-state index in [9.17, 15) is 0 Å². The summed E-state index contributed by atoms with van der Waals surface area (Å²) in [4.78, 5) is 4.61. The van der Waals surface area contributed by atoms with Gasteiger partial charge in [0.05, 0.1) is 5.69 Å². The molecule has 1 aromatic rings. The zero-order valence-corrected chi connectivity index (χ0v) is 12.8. The molecular formula is C18H28N2. The average Bonchev–Trinajstić information content (AvgIpc) is 2.49. The minimum Gasteiger partial charge on any atom is -0.309 e. The van der Waals surface area contributed by atoms with E-state index in [-0.39, 0.29) is 0 Å². The van der Waals surface area contributed by atoms with Crippen LogP contribution in [0.5, 0.6) is 0 Å². The summed E-state index contributed by atoms with van der Waals surface area (Å²) in [7, 11) is 0. The molecule has 2 heteroatoms. The lowest BCUT2D eigenvalue weighted by molar-refractivity contribution is 0.270. The number of aromatic nitrogens is 1. The average molecular weight is 272 g/mol. The smallest absolute Gasteiger partial charge is 0.0605 e. The van der Waals surface area contributed by atoms with Gasteiger partial charge in [0.2, 0.25) is 0 Å².